The topological polar surface area (TPSA) is 53.5 Å². The van der Waals surface area contributed by atoms with Crippen LogP contribution in [0.25, 0.3) is 0 Å². The fourth-order valence-corrected chi connectivity index (χ4v) is 6.00. The van der Waals surface area contributed by atoms with Gasteiger partial charge in [0.2, 0.25) is 0 Å². The highest BCUT2D eigenvalue weighted by molar-refractivity contribution is 5.02. The second-order valence-electron chi connectivity index (χ2n) is 9.15. The van der Waals surface area contributed by atoms with Crippen molar-refractivity contribution in [1.29, 1.82) is 0 Å². The molecule has 3 fully saturated rings. The molecule has 3 aliphatic rings. The van der Waals surface area contributed by atoms with Gasteiger partial charge in [0, 0.05) is 12.1 Å². The van der Waals surface area contributed by atoms with E-state index < -0.39 is 5.60 Å². The van der Waals surface area contributed by atoms with Crippen LogP contribution < -0.4 is 10.6 Å². The molecular formula is C21H40N2O2. The molecule has 0 heterocycles. The molecule has 4 atom stereocenters. The molecule has 0 aliphatic heterocycles. The molecule has 4 nitrogen and oxygen atoms in total. The Kier molecular flexibility index (Phi) is 6.46. The summed E-state index contributed by atoms with van der Waals surface area (Å²) in [7, 11) is 4.11. The maximum absolute atomic E-state index is 10.6. The molecule has 0 aromatic carbocycles. The van der Waals surface area contributed by atoms with Gasteiger partial charge >= 0.3 is 0 Å². The Morgan fingerprint density at radius 1 is 0.960 bits per heavy atom. The number of likely N-dealkylation sites (N-methyl/N-ethyl adjacent to an activating group) is 2. The minimum absolute atomic E-state index is 0.0168. The molecule has 4 heteroatoms. The monoisotopic (exact) mass is 352 g/mol. The Morgan fingerprint density at radius 3 is 2.24 bits per heavy atom. The third-order valence-corrected chi connectivity index (χ3v) is 7.42. The minimum Gasteiger partial charge on any atom is -0.389 e. The second-order valence-corrected chi connectivity index (χ2v) is 9.15. The number of hydrogen-bond donors (Lipinski definition) is 3. The molecule has 0 radical (unpaired) electrons. The molecule has 0 aromatic rings. The minimum atomic E-state index is -0.608. The molecule has 3 rings (SSSR count). The zero-order valence-electron chi connectivity index (χ0n) is 16.7. The molecule has 0 saturated heterocycles. The maximum Gasteiger partial charge on any atom is 0.0841 e. The zero-order chi connectivity index (χ0) is 17.9. The van der Waals surface area contributed by atoms with Gasteiger partial charge in [-0.25, -0.2) is 0 Å². The third-order valence-electron chi connectivity index (χ3n) is 7.42. The summed E-state index contributed by atoms with van der Waals surface area (Å²) >= 11 is 0. The van der Waals surface area contributed by atoms with E-state index in [0.29, 0.717) is 6.04 Å². The predicted octanol–water partition coefficient (Wildman–Crippen LogP) is 3.38. The van der Waals surface area contributed by atoms with Gasteiger partial charge in [0.15, 0.2) is 0 Å². The van der Waals surface area contributed by atoms with E-state index in [9.17, 15) is 5.11 Å². The van der Waals surface area contributed by atoms with Crippen LogP contribution in [0, 0.1) is 5.92 Å². The van der Waals surface area contributed by atoms with Crippen LogP contribution in [0.4, 0.5) is 0 Å². The number of rotatable bonds is 6. The normalized spacial score (nSPS) is 37.9. The van der Waals surface area contributed by atoms with Gasteiger partial charge in [-0.2, -0.15) is 0 Å². The number of hydrogen-bond acceptors (Lipinski definition) is 4. The van der Waals surface area contributed by atoms with Crippen LogP contribution in [0.1, 0.15) is 84.0 Å². The molecule has 3 saturated carbocycles. The SMILES string of the molecule is CN[C@H]1CC(OC2([C@@H](NC)C3CCCCC3)CCCC2)CC[C@]1(C)O. The van der Waals surface area contributed by atoms with Crippen LogP contribution in [0.3, 0.4) is 0 Å². The summed E-state index contributed by atoms with van der Waals surface area (Å²) in [6.45, 7) is 1.97. The lowest BCUT2D eigenvalue weighted by Gasteiger charge is -2.48. The van der Waals surface area contributed by atoms with Crippen LogP contribution in [-0.2, 0) is 4.74 Å². The first-order valence-corrected chi connectivity index (χ1v) is 10.8. The highest BCUT2D eigenvalue weighted by Crippen LogP contribution is 2.44. The lowest BCUT2D eigenvalue weighted by Crippen LogP contribution is -2.58. The first-order chi connectivity index (χ1) is 12.0. The van der Waals surface area contributed by atoms with E-state index in [-0.39, 0.29) is 17.7 Å². The number of ether oxygens (including phenoxy) is 1. The average molecular weight is 353 g/mol. The van der Waals surface area contributed by atoms with Crippen LogP contribution >= 0.6 is 0 Å². The zero-order valence-corrected chi connectivity index (χ0v) is 16.7. The summed E-state index contributed by atoms with van der Waals surface area (Å²) in [6.07, 6.45) is 14.9. The number of nitrogens with one attached hydrogen (secondary N) is 2. The van der Waals surface area contributed by atoms with E-state index in [0.717, 1.165) is 25.2 Å². The van der Waals surface area contributed by atoms with E-state index in [4.69, 9.17) is 4.74 Å². The van der Waals surface area contributed by atoms with Crippen LogP contribution in [0.2, 0.25) is 0 Å². The van der Waals surface area contributed by atoms with Gasteiger partial charge < -0.3 is 20.5 Å². The van der Waals surface area contributed by atoms with Gasteiger partial charge in [-0.05, 0) is 71.9 Å². The van der Waals surface area contributed by atoms with Gasteiger partial charge in [0.05, 0.1) is 17.3 Å². The lowest BCUT2D eigenvalue weighted by molar-refractivity contribution is -0.153. The summed E-state index contributed by atoms with van der Waals surface area (Å²) in [4.78, 5) is 0. The highest BCUT2D eigenvalue weighted by Gasteiger charge is 2.48. The third kappa shape index (κ3) is 4.23. The van der Waals surface area contributed by atoms with Crippen molar-refractivity contribution in [2.24, 2.45) is 5.92 Å². The second kappa shape index (κ2) is 8.24. The van der Waals surface area contributed by atoms with Crippen molar-refractivity contribution >= 4 is 0 Å². The van der Waals surface area contributed by atoms with Crippen LogP contribution in [0.5, 0.6) is 0 Å². The fourth-order valence-electron chi connectivity index (χ4n) is 6.00. The summed E-state index contributed by atoms with van der Waals surface area (Å²) in [5, 5.41) is 17.6. The van der Waals surface area contributed by atoms with Crippen molar-refractivity contribution in [2.45, 2.75) is 113 Å². The van der Waals surface area contributed by atoms with Crippen molar-refractivity contribution in [2.75, 3.05) is 14.1 Å². The Balaban J connectivity index is 1.71. The highest BCUT2D eigenvalue weighted by atomic mass is 16.5. The summed E-state index contributed by atoms with van der Waals surface area (Å²) in [5.41, 5.74) is -0.591. The van der Waals surface area contributed by atoms with Gasteiger partial charge in [-0.1, -0.05) is 32.1 Å². The molecule has 25 heavy (non-hydrogen) atoms. The molecule has 3 aliphatic carbocycles. The Labute approximate surface area is 154 Å². The Hall–Kier alpha value is -0.160. The molecule has 0 bridgehead atoms. The molecular weight excluding hydrogens is 312 g/mol. The predicted molar refractivity (Wildman–Crippen MR) is 103 cm³/mol. The Morgan fingerprint density at radius 2 is 1.64 bits per heavy atom. The van der Waals surface area contributed by atoms with E-state index >= 15 is 0 Å². The van der Waals surface area contributed by atoms with Gasteiger partial charge in [-0.3, -0.25) is 0 Å². The molecule has 0 spiro atoms. The summed E-state index contributed by atoms with van der Waals surface area (Å²) < 4.78 is 6.96. The standard InChI is InChI=1S/C21H40N2O2/c1-20(24)14-11-17(15-18(20)22-2)25-21(12-7-8-13-21)19(23-3)16-9-5-4-6-10-16/h16-19,22-24H,4-15H2,1-3H3/t17?,18-,19-,20-/m0/s1. The summed E-state index contributed by atoms with van der Waals surface area (Å²) in [6, 6.07) is 0.623. The van der Waals surface area contributed by atoms with E-state index in [1.54, 1.807) is 0 Å². The fraction of sp³-hybridized carbons (Fsp3) is 1.00. The maximum atomic E-state index is 10.6. The van der Waals surface area contributed by atoms with Gasteiger partial charge in [-0.15, -0.1) is 0 Å². The summed E-state index contributed by atoms with van der Waals surface area (Å²) in [5.74, 6) is 0.767. The average Bonchev–Trinajstić information content (AvgIpc) is 3.07. The van der Waals surface area contributed by atoms with Gasteiger partial charge in [0.1, 0.15) is 0 Å². The van der Waals surface area contributed by atoms with E-state index in [1.807, 2.05) is 14.0 Å². The molecule has 1 unspecified atom stereocenters. The van der Waals surface area contributed by atoms with Crippen molar-refractivity contribution in [3.05, 3.63) is 0 Å². The molecule has 0 amide bonds. The lowest BCUT2D eigenvalue weighted by atomic mass is 9.75. The van der Waals surface area contributed by atoms with Crippen LogP contribution in [-0.4, -0.2) is 48.6 Å². The first kappa shape index (κ1) is 19.6. The largest absolute Gasteiger partial charge is 0.389 e. The first-order valence-electron chi connectivity index (χ1n) is 10.8. The van der Waals surface area contributed by atoms with Gasteiger partial charge in [0.25, 0.3) is 0 Å². The number of aliphatic hydroxyl groups is 1. The van der Waals surface area contributed by atoms with Crippen molar-refractivity contribution in [1.82, 2.24) is 10.6 Å². The van der Waals surface area contributed by atoms with E-state index in [1.165, 1.54) is 57.8 Å². The molecule has 146 valence electrons. The van der Waals surface area contributed by atoms with Crippen molar-refractivity contribution in [3.63, 3.8) is 0 Å². The molecule has 3 N–H and O–H groups in total. The van der Waals surface area contributed by atoms with Crippen LogP contribution in [0.15, 0.2) is 0 Å². The van der Waals surface area contributed by atoms with E-state index in [2.05, 4.69) is 17.7 Å². The van der Waals surface area contributed by atoms with Crippen molar-refractivity contribution < 1.29 is 9.84 Å². The smallest absolute Gasteiger partial charge is 0.0841 e. The molecule has 0 aromatic heterocycles. The quantitative estimate of drug-likeness (QED) is 0.686. The van der Waals surface area contributed by atoms with Crippen molar-refractivity contribution in [3.8, 4) is 0 Å². The Bertz CT molecular complexity index is 414.